The Hall–Kier alpha value is -2.64. The Morgan fingerprint density at radius 1 is 0.667 bits per heavy atom. The van der Waals surface area contributed by atoms with Gasteiger partial charge in [0.25, 0.3) is 0 Å². The molecule has 3 aliphatic carbocycles. The highest BCUT2D eigenvalue weighted by Gasteiger charge is 2.23. The average molecular weight is 669 g/mol. The van der Waals surface area contributed by atoms with Crippen LogP contribution in [0.5, 0.6) is 5.75 Å². The van der Waals surface area contributed by atoms with Crippen LogP contribution in [0.2, 0.25) is 0 Å². The van der Waals surface area contributed by atoms with Crippen molar-refractivity contribution in [2.24, 2.45) is 11.8 Å². The minimum Gasteiger partial charge on any atom is -0.497 e. The van der Waals surface area contributed by atoms with Crippen molar-refractivity contribution in [2.45, 2.75) is 171 Å². The molecule has 0 aliphatic heterocycles. The first-order valence-electron chi connectivity index (χ1n) is 19.6. The molecule has 1 aromatic carbocycles. The first-order chi connectivity index (χ1) is 23.6. The lowest BCUT2D eigenvalue weighted by Crippen LogP contribution is -2.25. The summed E-state index contributed by atoms with van der Waals surface area (Å²) in [5.41, 5.74) is 3.02. The molecule has 2 heterocycles. The average Bonchev–Trinajstić information content (AvgIpc) is 3.99. The second kappa shape index (κ2) is 26.3. The van der Waals surface area contributed by atoms with Crippen molar-refractivity contribution < 1.29 is 13.8 Å². The highest BCUT2D eigenvalue weighted by molar-refractivity contribution is 5.59. The molecule has 0 bridgehead atoms. The van der Waals surface area contributed by atoms with E-state index in [9.17, 15) is 0 Å². The number of nitrogens with zero attached hydrogens (tertiary/aromatic N) is 2. The van der Waals surface area contributed by atoms with Crippen LogP contribution in [0.1, 0.15) is 163 Å². The third kappa shape index (κ3) is 15.3. The second-order valence-corrected chi connectivity index (χ2v) is 12.5. The van der Waals surface area contributed by atoms with Crippen molar-refractivity contribution in [3.05, 3.63) is 53.5 Å². The predicted octanol–water partition coefficient (Wildman–Crippen LogP) is 11.7. The molecule has 3 aliphatic rings. The maximum absolute atomic E-state index is 5.55. The molecule has 4 unspecified atom stereocenters. The summed E-state index contributed by atoms with van der Waals surface area (Å²) in [6.07, 6.45) is 14.5. The fraction of sp³-hybridized carbons (Fsp3) is 0.707. The Labute approximate surface area is 294 Å². The zero-order chi connectivity index (χ0) is 35.7. The van der Waals surface area contributed by atoms with E-state index in [4.69, 9.17) is 13.8 Å². The van der Waals surface area contributed by atoms with E-state index in [-0.39, 0.29) is 0 Å². The fourth-order valence-electron chi connectivity index (χ4n) is 6.58. The van der Waals surface area contributed by atoms with Crippen molar-refractivity contribution in [3.63, 3.8) is 0 Å². The lowest BCUT2D eigenvalue weighted by Gasteiger charge is -2.18. The summed E-state index contributed by atoms with van der Waals surface area (Å²) >= 11 is 0. The number of nitrogens with one attached hydrogen (secondary N) is 2. The highest BCUT2D eigenvalue weighted by Crippen LogP contribution is 2.33. The van der Waals surface area contributed by atoms with E-state index in [1.54, 1.807) is 7.11 Å². The summed E-state index contributed by atoms with van der Waals surface area (Å²) in [7, 11) is 1.66. The van der Waals surface area contributed by atoms with Crippen LogP contribution in [-0.2, 0) is 13.1 Å². The van der Waals surface area contributed by atoms with Gasteiger partial charge in [0.2, 0.25) is 0 Å². The number of methoxy groups -OCH3 is 1. The topological polar surface area (TPSA) is 85.4 Å². The van der Waals surface area contributed by atoms with Crippen molar-refractivity contribution in [1.29, 1.82) is 0 Å². The zero-order valence-corrected chi connectivity index (χ0v) is 32.7. The Morgan fingerprint density at radius 3 is 1.73 bits per heavy atom. The van der Waals surface area contributed by atoms with E-state index >= 15 is 0 Å². The molecule has 0 amide bonds. The highest BCUT2D eigenvalue weighted by atomic mass is 16.5. The SMILES string of the molecule is CC.CC.CC.CC.CC1CCC(NCc2cc(C3CCCCC3)on2)C1.COc1cccc(-c2cc(CNC3CCC(C)C3)no2)c1. The molecule has 7 heteroatoms. The van der Waals surface area contributed by atoms with Gasteiger partial charge in [-0.2, -0.15) is 0 Å². The summed E-state index contributed by atoms with van der Waals surface area (Å²) < 4.78 is 16.2. The second-order valence-electron chi connectivity index (χ2n) is 12.5. The van der Waals surface area contributed by atoms with E-state index in [1.165, 1.54) is 70.6 Å². The minimum absolute atomic E-state index is 0.622. The van der Waals surface area contributed by atoms with Crippen LogP contribution < -0.4 is 15.4 Å². The van der Waals surface area contributed by atoms with Crippen LogP contribution in [0, 0.1) is 11.8 Å². The molecule has 274 valence electrons. The molecule has 3 aromatic rings. The summed E-state index contributed by atoms with van der Waals surface area (Å²) in [5, 5.41) is 15.6. The molecule has 2 N–H and O–H groups in total. The number of aromatic nitrogens is 2. The number of rotatable bonds is 9. The van der Waals surface area contributed by atoms with Crippen molar-refractivity contribution in [1.82, 2.24) is 20.9 Å². The third-order valence-corrected chi connectivity index (χ3v) is 9.03. The van der Waals surface area contributed by atoms with Gasteiger partial charge in [0.05, 0.1) is 18.5 Å². The molecule has 2 aromatic heterocycles. The Morgan fingerprint density at radius 2 is 1.21 bits per heavy atom. The molecule has 0 radical (unpaired) electrons. The number of ether oxygens (including phenoxy) is 1. The third-order valence-electron chi connectivity index (χ3n) is 9.03. The quantitative estimate of drug-likeness (QED) is 0.235. The van der Waals surface area contributed by atoms with Crippen LogP contribution >= 0.6 is 0 Å². The normalized spacial score (nSPS) is 21.4. The maximum atomic E-state index is 5.55. The first-order valence-corrected chi connectivity index (χ1v) is 19.6. The number of benzene rings is 1. The van der Waals surface area contributed by atoms with Crippen LogP contribution in [-0.4, -0.2) is 29.5 Å². The van der Waals surface area contributed by atoms with Gasteiger partial charge in [-0.15, -0.1) is 0 Å². The molecule has 3 saturated carbocycles. The van der Waals surface area contributed by atoms with Crippen molar-refractivity contribution in [2.75, 3.05) is 7.11 Å². The lowest BCUT2D eigenvalue weighted by atomic mass is 9.87. The summed E-state index contributed by atoms with van der Waals surface area (Å²) in [6, 6.07) is 13.3. The standard InChI is InChI=1S/C17H22N2O2.C16H26N2O.4C2H6/c1-12-6-7-14(8-12)18-11-15-10-17(21-19-15)13-4-3-5-16(9-13)20-2;1-12-7-8-14(9-12)17-11-15-10-16(19-18-15)13-5-3-2-4-6-13;4*1-2/h3-5,9-10,12,14,18H,6-8,11H2,1-2H3;10,12-14,17H,2-9,11H2,1H3;4*1-2H3. The molecule has 6 rings (SSSR count). The van der Waals surface area contributed by atoms with E-state index in [0.29, 0.717) is 18.0 Å². The molecule has 48 heavy (non-hydrogen) atoms. The smallest absolute Gasteiger partial charge is 0.167 e. The van der Waals surface area contributed by atoms with Gasteiger partial charge in [0.1, 0.15) is 11.5 Å². The minimum atomic E-state index is 0.622. The summed E-state index contributed by atoms with van der Waals surface area (Å²) in [5.74, 6) is 5.08. The Bertz CT molecular complexity index is 1170. The van der Waals surface area contributed by atoms with Crippen LogP contribution in [0.15, 0.2) is 45.4 Å². The largest absolute Gasteiger partial charge is 0.497 e. The molecule has 4 atom stereocenters. The van der Waals surface area contributed by atoms with Crippen LogP contribution in [0.3, 0.4) is 0 Å². The molecule has 0 spiro atoms. The van der Waals surface area contributed by atoms with E-state index in [0.717, 1.165) is 59.1 Å². The lowest BCUT2D eigenvalue weighted by molar-refractivity contribution is 0.317. The Kier molecular flexibility index (Phi) is 23.7. The zero-order valence-electron chi connectivity index (χ0n) is 32.7. The van der Waals surface area contributed by atoms with Gasteiger partial charge < -0.3 is 24.4 Å². The maximum Gasteiger partial charge on any atom is 0.167 e. The monoisotopic (exact) mass is 669 g/mol. The number of hydrogen-bond donors (Lipinski definition) is 2. The number of hydrogen-bond acceptors (Lipinski definition) is 7. The van der Waals surface area contributed by atoms with Crippen LogP contribution in [0.25, 0.3) is 11.3 Å². The van der Waals surface area contributed by atoms with E-state index in [2.05, 4.69) is 40.9 Å². The molecular weight excluding hydrogens is 596 g/mol. The van der Waals surface area contributed by atoms with Crippen molar-refractivity contribution in [3.8, 4) is 17.1 Å². The first kappa shape index (κ1) is 43.4. The summed E-state index contributed by atoms with van der Waals surface area (Å²) in [4.78, 5) is 0. The van der Waals surface area contributed by atoms with Gasteiger partial charge in [-0.05, 0) is 75.3 Å². The van der Waals surface area contributed by atoms with Gasteiger partial charge in [0, 0.05) is 48.8 Å². The van der Waals surface area contributed by atoms with Gasteiger partial charge in [-0.3, -0.25) is 0 Å². The molecule has 7 nitrogen and oxygen atoms in total. The van der Waals surface area contributed by atoms with Crippen molar-refractivity contribution >= 4 is 0 Å². The summed E-state index contributed by atoms with van der Waals surface area (Å²) in [6.45, 7) is 22.3. The molecule has 3 fully saturated rings. The van der Waals surface area contributed by atoms with E-state index < -0.39 is 0 Å². The van der Waals surface area contributed by atoms with Gasteiger partial charge in [-0.25, -0.2) is 0 Å². The van der Waals surface area contributed by atoms with Crippen LogP contribution in [0.4, 0.5) is 0 Å². The molecule has 0 saturated heterocycles. The molecular formula is C41H72N4O3. The fourth-order valence-corrected chi connectivity index (χ4v) is 6.58. The van der Waals surface area contributed by atoms with Gasteiger partial charge in [0.15, 0.2) is 5.76 Å². The Balaban J connectivity index is 0.000000399. The van der Waals surface area contributed by atoms with Gasteiger partial charge in [-0.1, -0.05) is 111 Å². The van der Waals surface area contributed by atoms with E-state index in [1.807, 2.05) is 85.7 Å². The van der Waals surface area contributed by atoms with Gasteiger partial charge >= 0.3 is 0 Å². The predicted molar refractivity (Wildman–Crippen MR) is 203 cm³/mol.